The van der Waals surface area contributed by atoms with Crippen LogP contribution in [0.3, 0.4) is 0 Å². The predicted octanol–water partition coefficient (Wildman–Crippen LogP) is 2.32. The van der Waals surface area contributed by atoms with Crippen LogP contribution in [0.15, 0.2) is 22.7 Å². The molecule has 0 aromatic heterocycles. The highest BCUT2D eigenvalue weighted by molar-refractivity contribution is 9.10. The fraction of sp³-hybridized carbons (Fsp3) is 0.417. The van der Waals surface area contributed by atoms with E-state index in [0.29, 0.717) is 11.0 Å². The molecule has 1 aromatic carbocycles. The normalized spacial score (nSPS) is 12.2. The summed E-state index contributed by atoms with van der Waals surface area (Å²) in [6.07, 6.45) is 0. The highest BCUT2D eigenvalue weighted by Gasteiger charge is 2.12. The Morgan fingerprint density at radius 2 is 2.24 bits per heavy atom. The molecule has 2 N–H and O–H groups in total. The van der Waals surface area contributed by atoms with E-state index in [1.54, 1.807) is 6.07 Å². The highest BCUT2D eigenvalue weighted by atomic mass is 79.9. The summed E-state index contributed by atoms with van der Waals surface area (Å²) in [6, 6.07) is 4.56. The monoisotopic (exact) mass is 302 g/mol. The predicted molar refractivity (Wildman–Crippen MR) is 69.6 cm³/mol. The van der Waals surface area contributed by atoms with Crippen molar-refractivity contribution in [2.24, 2.45) is 0 Å². The Morgan fingerprint density at radius 1 is 1.53 bits per heavy atom. The standard InChI is InChI=1S/C12H16BrFN2O/c1-3-15-8(2)7-16-12(17)10-5-4-9(13)6-11(10)14/h4-6,8,15H,3,7H2,1-2H3,(H,16,17)/t8-/m1/s1. The number of nitrogens with one attached hydrogen (secondary N) is 2. The second kappa shape index (κ2) is 6.71. The number of amides is 1. The summed E-state index contributed by atoms with van der Waals surface area (Å²) in [5.74, 6) is -0.910. The van der Waals surface area contributed by atoms with Crippen molar-refractivity contribution < 1.29 is 9.18 Å². The van der Waals surface area contributed by atoms with Gasteiger partial charge >= 0.3 is 0 Å². The molecular weight excluding hydrogens is 287 g/mol. The largest absolute Gasteiger partial charge is 0.350 e. The summed E-state index contributed by atoms with van der Waals surface area (Å²) in [5, 5.41) is 5.85. The maximum atomic E-state index is 13.5. The first-order chi connectivity index (χ1) is 8.04. The molecule has 0 heterocycles. The molecule has 1 atom stereocenters. The van der Waals surface area contributed by atoms with Gasteiger partial charge in [-0.05, 0) is 31.7 Å². The first kappa shape index (κ1) is 14.1. The Hall–Kier alpha value is -0.940. The topological polar surface area (TPSA) is 41.1 Å². The van der Waals surface area contributed by atoms with Crippen molar-refractivity contribution in [2.45, 2.75) is 19.9 Å². The van der Waals surface area contributed by atoms with Gasteiger partial charge in [-0.25, -0.2) is 4.39 Å². The lowest BCUT2D eigenvalue weighted by Gasteiger charge is -2.13. The summed E-state index contributed by atoms with van der Waals surface area (Å²) >= 11 is 3.15. The second-order valence-corrected chi connectivity index (χ2v) is 4.71. The third-order valence-electron chi connectivity index (χ3n) is 2.30. The summed E-state index contributed by atoms with van der Waals surface area (Å²) in [5.41, 5.74) is 0.0666. The summed E-state index contributed by atoms with van der Waals surface area (Å²) in [6.45, 7) is 5.26. The minimum absolute atomic E-state index is 0.0666. The average Bonchev–Trinajstić information content (AvgIpc) is 2.26. The van der Waals surface area contributed by atoms with Crippen molar-refractivity contribution in [3.8, 4) is 0 Å². The zero-order chi connectivity index (χ0) is 12.8. The smallest absolute Gasteiger partial charge is 0.254 e. The van der Waals surface area contributed by atoms with Crippen LogP contribution in [-0.4, -0.2) is 25.0 Å². The quantitative estimate of drug-likeness (QED) is 0.876. The molecule has 1 aromatic rings. The number of carbonyl (C=O) groups excluding carboxylic acids is 1. The van der Waals surface area contributed by atoms with Gasteiger partial charge in [0.25, 0.3) is 5.91 Å². The SMILES string of the molecule is CCN[C@H](C)CNC(=O)c1ccc(Br)cc1F. The molecule has 0 fully saturated rings. The first-order valence-corrected chi connectivity index (χ1v) is 6.30. The van der Waals surface area contributed by atoms with Crippen LogP contribution in [-0.2, 0) is 0 Å². The second-order valence-electron chi connectivity index (χ2n) is 3.79. The molecular formula is C12H16BrFN2O. The van der Waals surface area contributed by atoms with Gasteiger partial charge in [0.1, 0.15) is 5.82 Å². The Morgan fingerprint density at radius 3 is 2.82 bits per heavy atom. The lowest BCUT2D eigenvalue weighted by molar-refractivity contribution is 0.0946. The number of likely N-dealkylation sites (N-methyl/N-ethyl adjacent to an activating group) is 1. The van der Waals surface area contributed by atoms with Crippen molar-refractivity contribution in [3.05, 3.63) is 34.1 Å². The number of hydrogen-bond donors (Lipinski definition) is 2. The van der Waals surface area contributed by atoms with Crippen molar-refractivity contribution in [3.63, 3.8) is 0 Å². The molecule has 5 heteroatoms. The Bertz CT molecular complexity index is 398. The van der Waals surface area contributed by atoms with Crippen LogP contribution in [0.4, 0.5) is 4.39 Å². The molecule has 0 aliphatic carbocycles. The van der Waals surface area contributed by atoms with Gasteiger partial charge in [-0.1, -0.05) is 22.9 Å². The van der Waals surface area contributed by atoms with E-state index < -0.39 is 5.82 Å². The van der Waals surface area contributed by atoms with Crippen LogP contribution in [0.5, 0.6) is 0 Å². The van der Waals surface area contributed by atoms with Crippen LogP contribution >= 0.6 is 15.9 Å². The molecule has 0 saturated carbocycles. The van der Waals surface area contributed by atoms with Crippen molar-refractivity contribution >= 4 is 21.8 Å². The van der Waals surface area contributed by atoms with Gasteiger partial charge in [-0.3, -0.25) is 4.79 Å². The van der Waals surface area contributed by atoms with E-state index in [0.717, 1.165) is 6.54 Å². The molecule has 0 radical (unpaired) electrons. The maximum Gasteiger partial charge on any atom is 0.254 e. The molecule has 17 heavy (non-hydrogen) atoms. The number of halogens is 2. The van der Waals surface area contributed by atoms with Gasteiger partial charge in [0, 0.05) is 17.1 Å². The molecule has 0 aliphatic heterocycles. The number of benzene rings is 1. The third-order valence-corrected chi connectivity index (χ3v) is 2.79. The fourth-order valence-electron chi connectivity index (χ4n) is 1.44. The molecule has 0 saturated heterocycles. The Kier molecular flexibility index (Phi) is 5.58. The molecule has 0 bridgehead atoms. The minimum atomic E-state index is -0.520. The molecule has 3 nitrogen and oxygen atoms in total. The van der Waals surface area contributed by atoms with Gasteiger partial charge in [0.05, 0.1) is 5.56 Å². The molecule has 0 spiro atoms. The summed E-state index contributed by atoms with van der Waals surface area (Å²) in [4.78, 5) is 11.7. The van der Waals surface area contributed by atoms with Gasteiger partial charge in [0.2, 0.25) is 0 Å². The zero-order valence-electron chi connectivity index (χ0n) is 9.89. The lowest BCUT2D eigenvalue weighted by atomic mass is 10.2. The van der Waals surface area contributed by atoms with Gasteiger partial charge in [0.15, 0.2) is 0 Å². The lowest BCUT2D eigenvalue weighted by Crippen LogP contribution is -2.39. The van der Waals surface area contributed by atoms with Crippen molar-refractivity contribution in [1.82, 2.24) is 10.6 Å². The third kappa shape index (κ3) is 4.44. The Labute approximate surface area is 109 Å². The average molecular weight is 303 g/mol. The summed E-state index contributed by atoms with van der Waals surface area (Å²) < 4.78 is 14.1. The van der Waals surface area contributed by atoms with Gasteiger partial charge < -0.3 is 10.6 Å². The van der Waals surface area contributed by atoms with Crippen LogP contribution in [0.2, 0.25) is 0 Å². The van der Waals surface area contributed by atoms with Crippen molar-refractivity contribution in [1.29, 1.82) is 0 Å². The number of carbonyl (C=O) groups is 1. The van der Waals surface area contributed by atoms with Gasteiger partial charge in [-0.15, -0.1) is 0 Å². The van der Waals surface area contributed by atoms with E-state index in [2.05, 4.69) is 26.6 Å². The van der Waals surface area contributed by atoms with E-state index in [1.807, 2.05) is 13.8 Å². The van der Waals surface area contributed by atoms with Crippen molar-refractivity contribution in [2.75, 3.05) is 13.1 Å². The maximum absolute atomic E-state index is 13.5. The van der Waals surface area contributed by atoms with E-state index in [1.165, 1.54) is 12.1 Å². The molecule has 94 valence electrons. The van der Waals surface area contributed by atoms with Crippen LogP contribution in [0.1, 0.15) is 24.2 Å². The number of rotatable bonds is 5. The first-order valence-electron chi connectivity index (χ1n) is 5.51. The minimum Gasteiger partial charge on any atom is -0.350 e. The molecule has 0 unspecified atom stereocenters. The molecule has 1 amide bonds. The summed E-state index contributed by atoms with van der Waals surface area (Å²) in [7, 11) is 0. The van der Waals surface area contributed by atoms with E-state index >= 15 is 0 Å². The van der Waals surface area contributed by atoms with Crippen LogP contribution < -0.4 is 10.6 Å². The zero-order valence-corrected chi connectivity index (χ0v) is 11.5. The van der Waals surface area contributed by atoms with E-state index in [9.17, 15) is 9.18 Å². The molecule has 0 aliphatic rings. The van der Waals surface area contributed by atoms with Crippen LogP contribution in [0.25, 0.3) is 0 Å². The van der Waals surface area contributed by atoms with Crippen LogP contribution in [0, 0.1) is 5.82 Å². The van der Waals surface area contributed by atoms with E-state index in [4.69, 9.17) is 0 Å². The van der Waals surface area contributed by atoms with Gasteiger partial charge in [-0.2, -0.15) is 0 Å². The Balaban J connectivity index is 2.58. The number of hydrogen-bond acceptors (Lipinski definition) is 2. The highest BCUT2D eigenvalue weighted by Crippen LogP contribution is 2.15. The fourth-order valence-corrected chi connectivity index (χ4v) is 1.77. The molecule has 1 rings (SSSR count). The van der Waals surface area contributed by atoms with E-state index in [-0.39, 0.29) is 17.5 Å².